The van der Waals surface area contributed by atoms with Crippen molar-refractivity contribution in [3.63, 3.8) is 0 Å². The van der Waals surface area contributed by atoms with E-state index in [4.69, 9.17) is 10.00 Å². The smallest absolute Gasteiger partial charge is 0.252 e. The molecule has 0 fully saturated rings. The molecular formula is C16H20N4O2. The van der Waals surface area contributed by atoms with Gasteiger partial charge in [0.2, 0.25) is 0 Å². The molecule has 1 atom stereocenters. The second-order valence-electron chi connectivity index (χ2n) is 6.14. The van der Waals surface area contributed by atoms with Gasteiger partial charge in [-0.2, -0.15) is 5.26 Å². The largest absolute Gasteiger partial charge is 0.491 e. The molecule has 0 radical (unpaired) electrons. The number of nitrogens with zero attached hydrogens (tertiary/aromatic N) is 4. The van der Waals surface area contributed by atoms with Crippen LogP contribution < -0.4 is 4.74 Å². The topological polar surface area (TPSA) is 84.0 Å². The van der Waals surface area contributed by atoms with Crippen LogP contribution >= 0.6 is 0 Å². The molecule has 0 saturated heterocycles. The number of aliphatic hydroxyl groups excluding tert-OH is 1. The Bertz CT molecular complexity index is 650. The molecule has 2 aromatic rings. The van der Waals surface area contributed by atoms with Crippen LogP contribution in [0.15, 0.2) is 30.6 Å². The van der Waals surface area contributed by atoms with Crippen molar-refractivity contribution in [2.75, 3.05) is 6.61 Å². The summed E-state index contributed by atoms with van der Waals surface area (Å²) in [4.78, 5) is 3.78. The lowest BCUT2D eigenvalue weighted by Gasteiger charge is -2.19. The van der Waals surface area contributed by atoms with Crippen molar-refractivity contribution in [3.8, 4) is 11.8 Å². The zero-order valence-electron chi connectivity index (χ0n) is 13.0. The Morgan fingerprint density at radius 3 is 2.55 bits per heavy atom. The van der Waals surface area contributed by atoms with E-state index in [1.807, 2.05) is 30.3 Å². The highest BCUT2D eigenvalue weighted by Crippen LogP contribution is 2.24. The summed E-state index contributed by atoms with van der Waals surface area (Å²) in [6.07, 6.45) is 0.690. The van der Waals surface area contributed by atoms with Gasteiger partial charge in [-0.1, -0.05) is 32.9 Å². The van der Waals surface area contributed by atoms with E-state index >= 15 is 0 Å². The van der Waals surface area contributed by atoms with Gasteiger partial charge in [0.1, 0.15) is 30.9 Å². The van der Waals surface area contributed by atoms with Crippen molar-refractivity contribution in [2.45, 2.75) is 38.8 Å². The van der Waals surface area contributed by atoms with Crippen LogP contribution in [0.4, 0.5) is 0 Å². The predicted octanol–water partition coefficient (Wildman–Crippen LogP) is 1.89. The number of rotatable bonds is 5. The highest BCUT2D eigenvalue weighted by molar-refractivity contribution is 5.31. The van der Waals surface area contributed by atoms with E-state index in [1.54, 1.807) is 0 Å². The van der Waals surface area contributed by atoms with Gasteiger partial charge in [0.05, 0.1) is 6.54 Å². The Morgan fingerprint density at radius 1 is 1.32 bits per heavy atom. The summed E-state index contributed by atoms with van der Waals surface area (Å²) in [5.74, 6) is 0.800. The Kier molecular flexibility index (Phi) is 4.78. The van der Waals surface area contributed by atoms with Crippen LogP contribution in [0.25, 0.3) is 0 Å². The minimum Gasteiger partial charge on any atom is -0.491 e. The Hall–Kier alpha value is -2.39. The molecule has 0 bridgehead atoms. The van der Waals surface area contributed by atoms with Gasteiger partial charge in [0.25, 0.3) is 5.82 Å². The van der Waals surface area contributed by atoms with E-state index in [2.05, 4.69) is 30.9 Å². The number of aromatic nitrogens is 3. The van der Waals surface area contributed by atoms with Crippen molar-refractivity contribution >= 4 is 0 Å². The third-order valence-corrected chi connectivity index (χ3v) is 3.20. The fraction of sp³-hybridized carbons (Fsp3) is 0.438. The molecule has 22 heavy (non-hydrogen) atoms. The molecule has 6 nitrogen and oxygen atoms in total. The fourth-order valence-electron chi connectivity index (χ4n) is 1.95. The summed E-state index contributed by atoms with van der Waals surface area (Å²) in [5.41, 5.74) is 1.33. The maximum Gasteiger partial charge on any atom is 0.252 e. The first kappa shape index (κ1) is 16.0. The van der Waals surface area contributed by atoms with Crippen LogP contribution in [0.2, 0.25) is 0 Å². The summed E-state index contributed by atoms with van der Waals surface area (Å²) in [6.45, 7) is 6.84. The average Bonchev–Trinajstić information content (AvgIpc) is 2.92. The molecule has 2 rings (SSSR count). The second kappa shape index (κ2) is 6.58. The number of hydrogen-bond donors (Lipinski definition) is 1. The van der Waals surface area contributed by atoms with E-state index in [0.29, 0.717) is 5.75 Å². The molecule has 0 aliphatic carbocycles. The predicted molar refractivity (Wildman–Crippen MR) is 81.4 cm³/mol. The first-order chi connectivity index (χ1) is 10.4. The summed E-state index contributed by atoms with van der Waals surface area (Å²) in [7, 11) is 0. The molecule has 0 aliphatic rings. The summed E-state index contributed by atoms with van der Waals surface area (Å²) >= 11 is 0. The lowest BCUT2D eigenvalue weighted by atomic mass is 9.87. The van der Waals surface area contributed by atoms with E-state index in [0.717, 1.165) is 0 Å². The fourth-order valence-corrected chi connectivity index (χ4v) is 1.95. The minimum absolute atomic E-state index is 0.0888. The standard InChI is InChI=1S/C16H20N4O2/c1-16(2,3)12-4-6-14(7-5-12)22-10-13(21)9-20-11-18-15(8-17)19-20/h4-7,11,13,21H,9-10H2,1-3H3. The quantitative estimate of drug-likeness (QED) is 0.911. The zero-order chi connectivity index (χ0) is 16.2. The van der Waals surface area contributed by atoms with Gasteiger partial charge in [-0.15, -0.1) is 5.10 Å². The average molecular weight is 300 g/mol. The highest BCUT2D eigenvalue weighted by Gasteiger charge is 2.13. The van der Waals surface area contributed by atoms with Crippen LogP contribution in [0, 0.1) is 11.3 Å². The molecule has 1 heterocycles. The van der Waals surface area contributed by atoms with E-state index in [-0.39, 0.29) is 24.4 Å². The monoisotopic (exact) mass is 300 g/mol. The molecule has 1 unspecified atom stereocenters. The second-order valence-corrected chi connectivity index (χ2v) is 6.14. The van der Waals surface area contributed by atoms with E-state index in [1.165, 1.54) is 16.6 Å². The molecule has 1 aromatic carbocycles. The molecule has 0 aliphatic heterocycles. The summed E-state index contributed by atoms with van der Waals surface area (Å²) in [5, 5.41) is 22.5. The van der Waals surface area contributed by atoms with Gasteiger partial charge in [0, 0.05) is 0 Å². The Balaban J connectivity index is 1.86. The Morgan fingerprint density at radius 2 is 2.00 bits per heavy atom. The van der Waals surface area contributed by atoms with Crippen LogP contribution in [0.3, 0.4) is 0 Å². The highest BCUT2D eigenvalue weighted by atomic mass is 16.5. The van der Waals surface area contributed by atoms with Crippen molar-refractivity contribution in [1.82, 2.24) is 14.8 Å². The number of hydrogen-bond acceptors (Lipinski definition) is 5. The number of benzene rings is 1. The van der Waals surface area contributed by atoms with E-state index in [9.17, 15) is 5.11 Å². The van der Waals surface area contributed by atoms with Gasteiger partial charge >= 0.3 is 0 Å². The summed E-state index contributed by atoms with van der Waals surface area (Å²) < 4.78 is 6.99. The van der Waals surface area contributed by atoms with Gasteiger partial charge in [0.15, 0.2) is 0 Å². The number of ether oxygens (including phenoxy) is 1. The SMILES string of the molecule is CC(C)(C)c1ccc(OCC(O)Cn2cnc(C#N)n2)cc1. The molecule has 1 aromatic heterocycles. The van der Waals surface area contributed by atoms with Crippen LogP contribution in [-0.2, 0) is 12.0 Å². The lowest BCUT2D eigenvalue weighted by molar-refractivity contribution is 0.0892. The number of nitriles is 1. The van der Waals surface area contributed by atoms with Gasteiger partial charge in [-0.25, -0.2) is 9.67 Å². The van der Waals surface area contributed by atoms with Crippen LogP contribution in [-0.4, -0.2) is 32.6 Å². The van der Waals surface area contributed by atoms with Crippen molar-refractivity contribution in [1.29, 1.82) is 5.26 Å². The van der Waals surface area contributed by atoms with E-state index < -0.39 is 6.10 Å². The summed E-state index contributed by atoms with van der Waals surface area (Å²) in [6, 6.07) is 9.69. The third kappa shape index (κ3) is 4.30. The van der Waals surface area contributed by atoms with Crippen LogP contribution in [0.1, 0.15) is 32.2 Å². The van der Waals surface area contributed by atoms with Gasteiger partial charge in [-0.3, -0.25) is 0 Å². The normalized spacial score (nSPS) is 12.7. The molecular weight excluding hydrogens is 280 g/mol. The molecule has 116 valence electrons. The van der Waals surface area contributed by atoms with Crippen molar-refractivity contribution in [2.24, 2.45) is 0 Å². The maximum atomic E-state index is 9.93. The van der Waals surface area contributed by atoms with Gasteiger partial charge < -0.3 is 9.84 Å². The lowest BCUT2D eigenvalue weighted by Crippen LogP contribution is -2.24. The molecule has 1 N–H and O–H groups in total. The first-order valence-corrected chi connectivity index (χ1v) is 7.09. The third-order valence-electron chi connectivity index (χ3n) is 3.20. The number of aliphatic hydroxyl groups is 1. The Labute approximate surface area is 130 Å². The van der Waals surface area contributed by atoms with Crippen molar-refractivity contribution in [3.05, 3.63) is 42.0 Å². The molecule has 0 amide bonds. The maximum absolute atomic E-state index is 9.93. The minimum atomic E-state index is -0.726. The first-order valence-electron chi connectivity index (χ1n) is 7.09. The molecule has 6 heteroatoms. The van der Waals surface area contributed by atoms with Gasteiger partial charge in [-0.05, 0) is 23.1 Å². The van der Waals surface area contributed by atoms with Crippen LogP contribution in [0.5, 0.6) is 5.75 Å². The molecule has 0 saturated carbocycles. The van der Waals surface area contributed by atoms with Crippen molar-refractivity contribution < 1.29 is 9.84 Å². The molecule has 0 spiro atoms. The zero-order valence-corrected chi connectivity index (χ0v) is 13.0.